The number of halogens is 1. The van der Waals surface area contributed by atoms with Crippen LogP contribution in [0.3, 0.4) is 0 Å². The van der Waals surface area contributed by atoms with E-state index in [0.29, 0.717) is 11.4 Å². The number of nitrogens with zero attached hydrogens (tertiary/aromatic N) is 4. The van der Waals surface area contributed by atoms with Gasteiger partial charge < -0.3 is 5.11 Å². The normalized spacial score (nSPS) is 15.7. The number of aryl methyl sites for hydroxylation is 2. The number of thiophene rings is 1. The summed E-state index contributed by atoms with van der Waals surface area (Å²) in [6.07, 6.45) is 0.553. The predicted octanol–water partition coefficient (Wildman–Crippen LogP) is 4.22. The van der Waals surface area contributed by atoms with Crippen LogP contribution in [0, 0.1) is 6.92 Å². The van der Waals surface area contributed by atoms with Crippen molar-refractivity contribution in [3.05, 3.63) is 63.0 Å². The molecule has 4 rings (SSSR count). The molecule has 0 fully saturated rings. The number of aliphatic imine (C=N–C) groups is 1. The zero-order valence-electron chi connectivity index (χ0n) is 14.8. The van der Waals surface area contributed by atoms with Crippen LogP contribution in [0.15, 0.2) is 35.3 Å². The molecule has 0 saturated heterocycles. The van der Waals surface area contributed by atoms with Crippen molar-refractivity contribution in [2.24, 2.45) is 4.99 Å². The van der Waals surface area contributed by atoms with Gasteiger partial charge in [0.15, 0.2) is 5.82 Å². The number of hydrogen-bond acceptors (Lipinski definition) is 5. The summed E-state index contributed by atoms with van der Waals surface area (Å²) in [5.74, 6) is 0.733. The molecule has 6 nitrogen and oxygen atoms in total. The van der Waals surface area contributed by atoms with Crippen LogP contribution in [-0.4, -0.2) is 31.6 Å². The molecule has 3 aromatic rings. The summed E-state index contributed by atoms with van der Waals surface area (Å²) in [7, 11) is 0. The Balaban J connectivity index is 1.93. The molecule has 1 unspecified atom stereocenters. The molecule has 1 atom stereocenters. The summed E-state index contributed by atoms with van der Waals surface area (Å²) in [6, 6.07) is 9.45. The van der Waals surface area contributed by atoms with E-state index in [-0.39, 0.29) is 12.5 Å². The van der Waals surface area contributed by atoms with E-state index in [2.05, 4.69) is 10.2 Å². The molecule has 0 aliphatic carbocycles. The summed E-state index contributed by atoms with van der Waals surface area (Å²) in [4.78, 5) is 16.9. The van der Waals surface area contributed by atoms with Crippen molar-refractivity contribution in [1.82, 2.24) is 14.8 Å². The minimum absolute atomic E-state index is 0.0857. The van der Waals surface area contributed by atoms with Crippen LogP contribution in [-0.2, 0) is 11.2 Å². The largest absolute Gasteiger partial charge is 0.481 e. The maximum absolute atomic E-state index is 11.0. The second kappa shape index (κ2) is 6.90. The molecule has 0 spiro atoms. The molecule has 1 aliphatic rings. The number of carboxylic acids is 1. The van der Waals surface area contributed by atoms with Crippen molar-refractivity contribution in [3.8, 4) is 5.00 Å². The molecule has 1 aromatic carbocycles. The van der Waals surface area contributed by atoms with E-state index in [1.165, 1.54) is 0 Å². The first-order valence-corrected chi connectivity index (χ1v) is 9.75. The molecular formula is C19H17ClN4O2S. The Morgan fingerprint density at radius 1 is 1.30 bits per heavy atom. The number of rotatable bonds is 4. The standard InChI is InChI=1S/C19H17ClN4O2S/c1-10-18-23-22-11(2)24(18)19-14(9-12(27-19)7-8-16(25)26)17(21-10)13-5-3-4-6-15(13)20/h3-6,9-10H,7-8H2,1-2H3,(H,25,26). The molecule has 138 valence electrons. The molecule has 1 aliphatic heterocycles. The second-order valence-electron chi connectivity index (χ2n) is 6.40. The number of aliphatic carboxylic acids is 1. The number of carbonyl (C=O) groups is 1. The van der Waals surface area contributed by atoms with Gasteiger partial charge in [-0.05, 0) is 32.4 Å². The van der Waals surface area contributed by atoms with E-state index < -0.39 is 5.97 Å². The summed E-state index contributed by atoms with van der Waals surface area (Å²) in [6.45, 7) is 3.89. The van der Waals surface area contributed by atoms with Gasteiger partial charge in [-0.1, -0.05) is 29.8 Å². The second-order valence-corrected chi connectivity index (χ2v) is 7.92. The van der Waals surface area contributed by atoms with E-state index in [1.807, 2.05) is 48.7 Å². The molecule has 1 N–H and O–H groups in total. The number of fused-ring (bicyclic) bond motifs is 3. The SMILES string of the molecule is Cc1nnc2n1-c1sc(CCC(=O)O)cc1C(c1ccccc1Cl)=NC2C. The fourth-order valence-corrected chi connectivity index (χ4v) is 4.65. The van der Waals surface area contributed by atoms with Crippen molar-refractivity contribution in [3.63, 3.8) is 0 Å². The first kappa shape index (κ1) is 17.9. The van der Waals surface area contributed by atoms with Gasteiger partial charge in [0, 0.05) is 21.0 Å². The minimum atomic E-state index is -0.812. The highest BCUT2D eigenvalue weighted by Crippen LogP contribution is 2.37. The van der Waals surface area contributed by atoms with Crippen molar-refractivity contribution >= 4 is 34.6 Å². The first-order chi connectivity index (χ1) is 13.0. The summed E-state index contributed by atoms with van der Waals surface area (Å²) >= 11 is 8.02. The zero-order valence-corrected chi connectivity index (χ0v) is 16.4. The lowest BCUT2D eigenvalue weighted by molar-refractivity contribution is -0.136. The molecule has 3 heterocycles. The fourth-order valence-electron chi connectivity index (χ4n) is 3.21. The summed E-state index contributed by atoms with van der Waals surface area (Å²) < 4.78 is 2.02. The van der Waals surface area contributed by atoms with E-state index in [4.69, 9.17) is 21.7 Å². The van der Waals surface area contributed by atoms with Crippen LogP contribution >= 0.6 is 22.9 Å². The van der Waals surface area contributed by atoms with Crippen molar-refractivity contribution < 1.29 is 9.90 Å². The van der Waals surface area contributed by atoms with Crippen LogP contribution in [0.1, 0.15) is 47.0 Å². The Morgan fingerprint density at radius 2 is 2.07 bits per heavy atom. The van der Waals surface area contributed by atoms with Gasteiger partial charge in [-0.3, -0.25) is 14.4 Å². The van der Waals surface area contributed by atoms with Crippen molar-refractivity contribution in [2.75, 3.05) is 0 Å². The molecule has 0 bridgehead atoms. The van der Waals surface area contributed by atoms with Gasteiger partial charge in [0.25, 0.3) is 0 Å². The lowest BCUT2D eigenvalue weighted by Crippen LogP contribution is -2.06. The molecule has 0 saturated carbocycles. The molecular weight excluding hydrogens is 384 g/mol. The Hall–Kier alpha value is -2.51. The lowest BCUT2D eigenvalue weighted by Gasteiger charge is -2.09. The van der Waals surface area contributed by atoms with Crippen molar-refractivity contribution in [1.29, 1.82) is 0 Å². The third-order valence-electron chi connectivity index (χ3n) is 4.48. The third-order valence-corrected chi connectivity index (χ3v) is 5.99. The van der Waals surface area contributed by atoms with Gasteiger partial charge in [0.05, 0.1) is 12.1 Å². The van der Waals surface area contributed by atoms with Crippen LogP contribution in [0.2, 0.25) is 5.02 Å². The smallest absolute Gasteiger partial charge is 0.303 e. The maximum atomic E-state index is 11.0. The monoisotopic (exact) mass is 400 g/mol. The highest BCUT2D eigenvalue weighted by Gasteiger charge is 2.28. The topological polar surface area (TPSA) is 80.4 Å². The predicted molar refractivity (Wildman–Crippen MR) is 105 cm³/mol. The summed E-state index contributed by atoms with van der Waals surface area (Å²) in [5, 5.41) is 19.1. The Bertz CT molecular complexity index is 1070. The number of carboxylic acid groups (broad SMARTS) is 1. The van der Waals surface area contributed by atoms with Crippen LogP contribution in [0.4, 0.5) is 0 Å². The lowest BCUT2D eigenvalue weighted by atomic mass is 10.0. The Labute approximate surface area is 165 Å². The Morgan fingerprint density at radius 3 is 2.81 bits per heavy atom. The quantitative estimate of drug-likeness (QED) is 0.710. The average molecular weight is 401 g/mol. The van der Waals surface area contributed by atoms with Gasteiger partial charge in [0.1, 0.15) is 16.9 Å². The average Bonchev–Trinajstić information content (AvgIpc) is 3.19. The Kier molecular flexibility index (Phi) is 4.57. The van der Waals surface area contributed by atoms with E-state index in [9.17, 15) is 4.79 Å². The van der Waals surface area contributed by atoms with Gasteiger partial charge in [0.2, 0.25) is 0 Å². The van der Waals surface area contributed by atoms with E-state index >= 15 is 0 Å². The van der Waals surface area contributed by atoms with Gasteiger partial charge in [-0.2, -0.15) is 0 Å². The van der Waals surface area contributed by atoms with E-state index in [0.717, 1.165) is 38.4 Å². The summed E-state index contributed by atoms with van der Waals surface area (Å²) in [5.41, 5.74) is 2.58. The number of hydrogen-bond donors (Lipinski definition) is 1. The zero-order chi connectivity index (χ0) is 19.1. The highest BCUT2D eigenvalue weighted by atomic mass is 35.5. The molecule has 8 heteroatoms. The number of aromatic nitrogens is 3. The fraction of sp³-hybridized carbons (Fsp3) is 0.263. The van der Waals surface area contributed by atoms with E-state index in [1.54, 1.807) is 11.3 Å². The molecule has 0 amide bonds. The van der Waals surface area contributed by atoms with Crippen LogP contribution in [0.25, 0.3) is 5.00 Å². The van der Waals surface area contributed by atoms with Gasteiger partial charge in [-0.15, -0.1) is 21.5 Å². The number of benzene rings is 1. The van der Waals surface area contributed by atoms with Crippen LogP contribution < -0.4 is 0 Å². The minimum Gasteiger partial charge on any atom is -0.481 e. The maximum Gasteiger partial charge on any atom is 0.303 e. The molecule has 0 radical (unpaired) electrons. The first-order valence-electron chi connectivity index (χ1n) is 8.55. The molecule has 2 aromatic heterocycles. The molecule has 27 heavy (non-hydrogen) atoms. The van der Waals surface area contributed by atoms with Gasteiger partial charge >= 0.3 is 5.97 Å². The third kappa shape index (κ3) is 3.17. The highest BCUT2D eigenvalue weighted by molar-refractivity contribution is 7.15. The van der Waals surface area contributed by atoms with Crippen LogP contribution in [0.5, 0.6) is 0 Å². The van der Waals surface area contributed by atoms with Crippen molar-refractivity contribution in [2.45, 2.75) is 32.7 Å². The van der Waals surface area contributed by atoms with Gasteiger partial charge in [-0.25, -0.2) is 0 Å².